The lowest BCUT2D eigenvalue weighted by Gasteiger charge is -2.37. The third kappa shape index (κ3) is 3.85. The summed E-state index contributed by atoms with van der Waals surface area (Å²) in [5, 5.41) is 0.313. The molecule has 0 unspecified atom stereocenters. The molecule has 0 atom stereocenters. The van der Waals surface area contributed by atoms with Gasteiger partial charge in [-0.05, 0) is 37.6 Å². The van der Waals surface area contributed by atoms with Gasteiger partial charge < -0.3 is 4.90 Å². The van der Waals surface area contributed by atoms with Crippen molar-refractivity contribution in [3.05, 3.63) is 80.7 Å². The highest BCUT2D eigenvalue weighted by Gasteiger charge is 2.23. The summed E-state index contributed by atoms with van der Waals surface area (Å²) < 4.78 is 3.53. The second-order valence-corrected chi connectivity index (χ2v) is 8.17. The van der Waals surface area contributed by atoms with Gasteiger partial charge in [0.15, 0.2) is 0 Å². The van der Waals surface area contributed by atoms with E-state index in [4.69, 9.17) is 11.6 Å². The van der Waals surface area contributed by atoms with Gasteiger partial charge in [-0.1, -0.05) is 47.5 Å². The second-order valence-electron chi connectivity index (χ2n) is 7.79. The van der Waals surface area contributed by atoms with Crippen LogP contribution in [0.25, 0.3) is 5.69 Å². The predicted octanol–water partition coefficient (Wildman–Crippen LogP) is 3.77. The first kappa shape index (κ1) is 19.8. The Hall–Kier alpha value is -2.50. The Bertz CT molecular complexity index is 1060. The van der Waals surface area contributed by atoms with E-state index in [1.165, 1.54) is 16.8 Å². The molecule has 0 spiro atoms. The van der Waals surface area contributed by atoms with Gasteiger partial charge in [-0.15, -0.1) is 0 Å². The van der Waals surface area contributed by atoms with Gasteiger partial charge in [0, 0.05) is 45.5 Å². The topological polar surface area (TPSA) is 33.4 Å². The molecular weight excluding hydrogens is 384 g/mol. The average molecular weight is 411 g/mol. The molecule has 6 heteroatoms. The minimum Gasteiger partial charge on any atom is -0.369 e. The van der Waals surface area contributed by atoms with E-state index in [0.29, 0.717) is 11.6 Å². The minimum absolute atomic E-state index is 0.163. The molecule has 2 heterocycles. The van der Waals surface area contributed by atoms with Crippen molar-refractivity contribution >= 4 is 17.3 Å². The number of piperazine rings is 1. The van der Waals surface area contributed by atoms with Crippen LogP contribution in [0.15, 0.2) is 53.3 Å². The molecule has 0 bridgehead atoms. The van der Waals surface area contributed by atoms with E-state index in [1.807, 2.05) is 42.1 Å². The Kier molecular flexibility index (Phi) is 5.52. The van der Waals surface area contributed by atoms with Crippen LogP contribution in [0.3, 0.4) is 0 Å². The summed E-state index contributed by atoms with van der Waals surface area (Å²) in [5.41, 5.74) is 5.46. The van der Waals surface area contributed by atoms with Crippen LogP contribution in [0.2, 0.25) is 5.02 Å². The monoisotopic (exact) mass is 410 g/mol. The maximum Gasteiger partial charge on any atom is 0.290 e. The third-order valence-corrected chi connectivity index (χ3v) is 6.14. The van der Waals surface area contributed by atoms with Crippen LogP contribution in [0.1, 0.15) is 16.8 Å². The Balaban J connectivity index is 1.49. The van der Waals surface area contributed by atoms with Crippen LogP contribution >= 0.6 is 11.6 Å². The molecule has 0 radical (unpaired) electrons. The zero-order chi connectivity index (χ0) is 20.5. The van der Waals surface area contributed by atoms with Crippen LogP contribution < -0.4 is 10.5 Å². The molecule has 0 aliphatic carbocycles. The van der Waals surface area contributed by atoms with Gasteiger partial charge in [-0.2, -0.15) is 0 Å². The van der Waals surface area contributed by atoms with Gasteiger partial charge in [-0.25, -0.2) is 4.68 Å². The standard InChI is InChI=1S/C23H27ClN4O/c1-17-9-10-20(18(2)15-17)27-13-11-26(12-14-27)16-21-22(24)23(29)28(25(21)3)19-7-5-4-6-8-19/h4-10,15H,11-14,16H2,1-3H3. The number of para-hydroxylation sites is 1. The number of halogens is 1. The van der Waals surface area contributed by atoms with Crippen LogP contribution in [-0.2, 0) is 13.6 Å². The van der Waals surface area contributed by atoms with E-state index in [1.54, 1.807) is 4.68 Å². The SMILES string of the molecule is Cc1ccc(N2CCN(Cc3c(Cl)c(=O)n(-c4ccccc4)n3C)CC2)c(C)c1. The number of aromatic nitrogens is 2. The Morgan fingerprint density at radius 3 is 2.31 bits per heavy atom. The van der Waals surface area contributed by atoms with Crippen molar-refractivity contribution in [2.75, 3.05) is 31.1 Å². The summed E-state index contributed by atoms with van der Waals surface area (Å²) in [7, 11) is 1.90. The quantitative estimate of drug-likeness (QED) is 0.656. The zero-order valence-electron chi connectivity index (χ0n) is 17.2. The fourth-order valence-corrected chi connectivity index (χ4v) is 4.43. The van der Waals surface area contributed by atoms with Gasteiger partial charge in [0.2, 0.25) is 0 Å². The zero-order valence-corrected chi connectivity index (χ0v) is 18.0. The molecule has 1 fully saturated rings. The van der Waals surface area contributed by atoms with E-state index in [0.717, 1.165) is 37.6 Å². The molecule has 0 N–H and O–H groups in total. The Morgan fingerprint density at radius 1 is 0.966 bits per heavy atom. The van der Waals surface area contributed by atoms with Crippen LogP contribution in [-0.4, -0.2) is 40.4 Å². The molecule has 29 heavy (non-hydrogen) atoms. The fourth-order valence-electron chi connectivity index (χ4n) is 4.17. The molecule has 2 aromatic carbocycles. The van der Waals surface area contributed by atoms with Gasteiger partial charge >= 0.3 is 0 Å². The summed E-state index contributed by atoms with van der Waals surface area (Å²) in [6.45, 7) is 8.79. The van der Waals surface area contributed by atoms with Crippen molar-refractivity contribution < 1.29 is 0 Å². The number of nitrogens with zero attached hydrogens (tertiary/aromatic N) is 4. The van der Waals surface area contributed by atoms with Gasteiger partial charge in [0.25, 0.3) is 5.56 Å². The van der Waals surface area contributed by atoms with E-state index >= 15 is 0 Å². The number of benzene rings is 2. The molecule has 0 amide bonds. The molecule has 5 nitrogen and oxygen atoms in total. The van der Waals surface area contributed by atoms with E-state index in [9.17, 15) is 4.79 Å². The Morgan fingerprint density at radius 2 is 1.66 bits per heavy atom. The summed E-state index contributed by atoms with van der Waals surface area (Å²) in [6.07, 6.45) is 0. The summed E-state index contributed by atoms with van der Waals surface area (Å²) in [5.74, 6) is 0. The van der Waals surface area contributed by atoms with E-state index in [2.05, 4.69) is 41.8 Å². The summed E-state index contributed by atoms with van der Waals surface area (Å²) in [4.78, 5) is 17.6. The highest BCUT2D eigenvalue weighted by atomic mass is 35.5. The van der Waals surface area contributed by atoms with Crippen molar-refractivity contribution in [1.29, 1.82) is 0 Å². The first-order valence-corrected chi connectivity index (χ1v) is 10.4. The lowest BCUT2D eigenvalue weighted by Crippen LogP contribution is -2.46. The molecule has 1 aliphatic heterocycles. The Labute approximate surface area is 176 Å². The molecule has 1 aromatic heterocycles. The van der Waals surface area contributed by atoms with E-state index < -0.39 is 0 Å². The highest BCUT2D eigenvalue weighted by molar-refractivity contribution is 6.31. The van der Waals surface area contributed by atoms with Crippen LogP contribution in [0.4, 0.5) is 5.69 Å². The summed E-state index contributed by atoms with van der Waals surface area (Å²) >= 11 is 6.46. The molecule has 152 valence electrons. The van der Waals surface area contributed by atoms with Gasteiger partial charge in [0.05, 0.1) is 11.4 Å². The van der Waals surface area contributed by atoms with Crippen molar-refractivity contribution in [3.63, 3.8) is 0 Å². The van der Waals surface area contributed by atoms with Crippen molar-refractivity contribution in [1.82, 2.24) is 14.3 Å². The van der Waals surface area contributed by atoms with Crippen LogP contribution in [0.5, 0.6) is 0 Å². The lowest BCUT2D eigenvalue weighted by atomic mass is 10.1. The summed E-state index contributed by atoms with van der Waals surface area (Å²) in [6, 6.07) is 16.3. The minimum atomic E-state index is -0.163. The fraction of sp³-hybridized carbons (Fsp3) is 0.348. The first-order valence-electron chi connectivity index (χ1n) is 10.0. The van der Waals surface area contributed by atoms with Crippen molar-refractivity contribution in [2.45, 2.75) is 20.4 Å². The lowest BCUT2D eigenvalue weighted by molar-refractivity contribution is 0.243. The smallest absolute Gasteiger partial charge is 0.290 e. The first-order chi connectivity index (χ1) is 14.0. The molecular formula is C23H27ClN4O. The van der Waals surface area contributed by atoms with E-state index in [-0.39, 0.29) is 5.56 Å². The highest BCUT2D eigenvalue weighted by Crippen LogP contribution is 2.24. The molecule has 4 rings (SSSR count). The van der Waals surface area contributed by atoms with Gasteiger partial charge in [0.1, 0.15) is 5.02 Å². The average Bonchev–Trinajstić information content (AvgIpc) is 2.93. The van der Waals surface area contributed by atoms with Crippen LogP contribution in [0, 0.1) is 13.8 Å². The number of hydrogen-bond donors (Lipinski definition) is 0. The van der Waals surface area contributed by atoms with Crippen molar-refractivity contribution in [2.24, 2.45) is 7.05 Å². The molecule has 0 saturated carbocycles. The molecule has 1 aliphatic rings. The number of hydrogen-bond acceptors (Lipinski definition) is 3. The normalized spacial score (nSPS) is 15.1. The largest absolute Gasteiger partial charge is 0.369 e. The molecule has 3 aromatic rings. The maximum absolute atomic E-state index is 12.7. The van der Waals surface area contributed by atoms with Crippen molar-refractivity contribution in [3.8, 4) is 5.69 Å². The molecule has 1 saturated heterocycles. The third-order valence-electron chi connectivity index (χ3n) is 5.76. The number of aryl methyl sites for hydroxylation is 2. The second kappa shape index (κ2) is 8.09. The predicted molar refractivity (Wildman–Crippen MR) is 119 cm³/mol. The number of anilines is 1. The number of rotatable bonds is 4. The van der Waals surface area contributed by atoms with Gasteiger partial charge in [-0.3, -0.25) is 14.4 Å². The maximum atomic E-state index is 12.7.